The quantitative estimate of drug-likeness (QED) is 0.737. The van der Waals surface area contributed by atoms with Crippen LogP contribution < -0.4 is 5.73 Å². The molecule has 0 bridgehead atoms. The Hall–Kier alpha value is -0.870. The first-order chi connectivity index (χ1) is 6.83. The Bertz CT molecular complexity index is 297. The average Bonchev–Trinajstić information content (AvgIpc) is 2.74. The maximum absolute atomic E-state index is 9.76. The molecule has 0 amide bonds. The van der Waals surface area contributed by atoms with Crippen molar-refractivity contribution in [2.75, 3.05) is 6.54 Å². The molecule has 1 aliphatic carbocycles. The van der Waals surface area contributed by atoms with Crippen molar-refractivity contribution in [1.82, 2.24) is 9.78 Å². The predicted molar refractivity (Wildman–Crippen MR) is 53.9 cm³/mol. The topological polar surface area (TPSA) is 64.1 Å². The third-order valence-corrected chi connectivity index (χ3v) is 2.91. The monoisotopic (exact) mass is 195 g/mol. The van der Waals surface area contributed by atoms with Crippen LogP contribution in [0.5, 0.6) is 0 Å². The van der Waals surface area contributed by atoms with Crippen LogP contribution in [0.15, 0.2) is 12.3 Å². The lowest BCUT2D eigenvalue weighted by atomic mass is 10.2. The van der Waals surface area contributed by atoms with Crippen LogP contribution in [-0.2, 0) is 6.42 Å². The van der Waals surface area contributed by atoms with Crippen molar-refractivity contribution in [3.63, 3.8) is 0 Å². The van der Waals surface area contributed by atoms with Crippen molar-refractivity contribution in [2.45, 2.75) is 37.8 Å². The molecule has 1 heterocycles. The normalized spacial score (nSPS) is 27.0. The van der Waals surface area contributed by atoms with Crippen molar-refractivity contribution < 1.29 is 5.11 Å². The Labute approximate surface area is 83.7 Å². The van der Waals surface area contributed by atoms with Gasteiger partial charge in [0.1, 0.15) is 0 Å². The first-order valence-electron chi connectivity index (χ1n) is 5.23. The molecule has 0 radical (unpaired) electrons. The zero-order valence-corrected chi connectivity index (χ0v) is 8.26. The number of rotatable bonds is 3. The van der Waals surface area contributed by atoms with Gasteiger partial charge in [0.2, 0.25) is 0 Å². The highest BCUT2D eigenvalue weighted by Crippen LogP contribution is 2.30. The highest BCUT2D eigenvalue weighted by atomic mass is 16.3. The molecular weight excluding hydrogens is 178 g/mol. The Kier molecular flexibility index (Phi) is 2.84. The fourth-order valence-electron chi connectivity index (χ4n) is 2.19. The van der Waals surface area contributed by atoms with Crippen LogP contribution in [0, 0.1) is 0 Å². The molecule has 0 aromatic carbocycles. The summed E-state index contributed by atoms with van der Waals surface area (Å²) in [5, 5.41) is 14.0. The van der Waals surface area contributed by atoms with Gasteiger partial charge in [-0.3, -0.25) is 4.68 Å². The first kappa shape index (κ1) is 9.68. The van der Waals surface area contributed by atoms with Gasteiger partial charge in [0.05, 0.1) is 12.1 Å². The summed E-state index contributed by atoms with van der Waals surface area (Å²) in [6, 6.07) is 2.16. The van der Waals surface area contributed by atoms with Crippen LogP contribution in [0.25, 0.3) is 0 Å². The van der Waals surface area contributed by atoms with E-state index in [1.807, 2.05) is 10.7 Å². The second kappa shape index (κ2) is 4.11. The second-order valence-electron chi connectivity index (χ2n) is 3.87. The summed E-state index contributed by atoms with van der Waals surface area (Å²) in [6.07, 6.45) is 5.41. The minimum Gasteiger partial charge on any atom is -0.391 e. The molecule has 0 spiro atoms. The minimum absolute atomic E-state index is 0.173. The van der Waals surface area contributed by atoms with Gasteiger partial charge >= 0.3 is 0 Å². The molecule has 2 atom stereocenters. The van der Waals surface area contributed by atoms with E-state index in [1.54, 1.807) is 6.20 Å². The highest BCUT2D eigenvalue weighted by molar-refractivity contribution is 5.04. The molecule has 1 saturated carbocycles. The van der Waals surface area contributed by atoms with E-state index in [1.165, 1.54) is 0 Å². The van der Waals surface area contributed by atoms with Crippen molar-refractivity contribution in [3.05, 3.63) is 18.0 Å². The molecule has 4 heteroatoms. The number of hydrogen-bond acceptors (Lipinski definition) is 3. The van der Waals surface area contributed by atoms with Gasteiger partial charge in [0.25, 0.3) is 0 Å². The summed E-state index contributed by atoms with van der Waals surface area (Å²) < 4.78 is 1.95. The number of hydrogen-bond donors (Lipinski definition) is 2. The molecule has 2 unspecified atom stereocenters. The van der Waals surface area contributed by atoms with Crippen LogP contribution >= 0.6 is 0 Å². The predicted octanol–water partition coefficient (Wildman–Crippen LogP) is 0.470. The average molecular weight is 195 g/mol. The zero-order chi connectivity index (χ0) is 9.97. The number of nitrogens with two attached hydrogens (primary N) is 1. The van der Waals surface area contributed by atoms with Crippen molar-refractivity contribution in [1.29, 1.82) is 0 Å². The van der Waals surface area contributed by atoms with Crippen LogP contribution in [0.3, 0.4) is 0 Å². The van der Waals surface area contributed by atoms with Gasteiger partial charge in [0.15, 0.2) is 0 Å². The van der Waals surface area contributed by atoms with E-state index in [0.717, 1.165) is 31.4 Å². The molecule has 3 N–H and O–H groups in total. The van der Waals surface area contributed by atoms with Crippen LogP contribution in [0.2, 0.25) is 0 Å². The summed E-state index contributed by atoms with van der Waals surface area (Å²) in [7, 11) is 0. The largest absolute Gasteiger partial charge is 0.391 e. The lowest BCUT2D eigenvalue weighted by Gasteiger charge is -2.17. The summed E-state index contributed by atoms with van der Waals surface area (Å²) in [5.74, 6) is 0. The van der Waals surface area contributed by atoms with Gasteiger partial charge in [0, 0.05) is 18.3 Å². The van der Waals surface area contributed by atoms with Crippen LogP contribution in [0.4, 0.5) is 0 Å². The minimum atomic E-state index is -0.230. The molecule has 4 nitrogen and oxygen atoms in total. The van der Waals surface area contributed by atoms with Crippen molar-refractivity contribution in [3.8, 4) is 0 Å². The van der Waals surface area contributed by atoms with Gasteiger partial charge < -0.3 is 10.8 Å². The van der Waals surface area contributed by atoms with Gasteiger partial charge in [-0.05, 0) is 31.9 Å². The first-order valence-corrected chi connectivity index (χ1v) is 5.23. The van der Waals surface area contributed by atoms with E-state index < -0.39 is 0 Å². The molecular formula is C10H17N3O. The molecule has 1 fully saturated rings. The van der Waals surface area contributed by atoms with Crippen LogP contribution in [-0.4, -0.2) is 27.5 Å². The Morgan fingerprint density at radius 1 is 1.57 bits per heavy atom. The van der Waals surface area contributed by atoms with E-state index in [0.29, 0.717) is 6.54 Å². The van der Waals surface area contributed by atoms with E-state index in [9.17, 15) is 5.11 Å². The summed E-state index contributed by atoms with van der Waals surface area (Å²) in [5.41, 5.74) is 6.66. The summed E-state index contributed by atoms with van der Waals surface area (Å²) in [4.78, 5) is 0. The van der Waals surface area contributed by atoms with E-state index in [2.05, 4.69) is 5.10 Å². The van der Waals surface area contributed by atoms with Crippen molar-refractivity contribution in [2.24, 2.45) is 5.73 Å². The number of aromatic nitrogens is 2. The van der Waals surface area contributed by atoms with E-state index in [-0.39, 0.29) is 12.1 Å². The molecule has 1 aromatic heterocycles. The zero-order valence-electron chi connectivity index (χ0n) is 8.26. The SMILES string of the molecule is NCCc1ccnn1C1CCCC1O. The van der Waals surface area contributed by atoms with Gasteiger partial charge in [-0.1, -0.05) is 0 Å². The molecule has 1 aromatic rings. The molecule has 0 aliphatic heterocycles. The smallest absolute Gasteiger partial charge is 0.0781 e. The second-order valence-corrected chi connectivity index (χ2v) is 3.87. The fraction of sp³-hybridized carbons (Fsp3) is 0.700. The van der Waals surface area contributed by atoms with E-state index in [4.69, 9.17) is 5.73 Å². The third-order valence-electron chi connectivity index (χ3n) is 2.91. The standard InChI is InChI=1S/C10H17N3O/c11-6-4-8-5-7-12-13(8)9-2-1-3-10(9)14/h5,7,9-10,14H,1-4,6,11H2. The fourth-order valence-corrected chi connectivity index (χ4v) is 2.19. The maximum Gasteiger partial charge on any atom is 0.0781 e. The Balaban J connectivity index is 2.17. The van der Waals surface area contributed by atoms with Gasteiger partial charge in [-0.2, -0.15) is 5.10 Å². The molecule has 0 saturated heterocycles. The number of aliphatic hydroxyl groups is 1. The Morgan fingerprint density at radius 2 is 2.43 bits per heavy atom. The Morgan fingerprint density at radius 3 is 3.07 bits per heavy atom. The van der Waals surface area contributed by atoms with Gasteiger partial charge in [-0.15, -0.1) is 0 Å². The molecule has 78 valence electrons. The number of aliphatic hydroxyl groups excluding tert-OH is 1. The summed E-state index contributed by atoms with van der Waals surface area (Å²) >= 11 is 0. The maximum atomic E-state index is 9.76. The summed E-state index contributed by atoms with van der Waals surface area (Å²) in [6.45, 7) is 0.633. The molecule has 14 heavy (non-hydrogen) atoms. The van der Waals surface area contributed by atoms with Gasteiger partial charge in [-0.25, -0.2) is 0 Å². The lowest BCUT2D eigenvalue weighted by molar-refractivity contribution is 0.128. The van der Waals surface area contributed by atoms with Crippen molar-refractivity contribution >= 4 is 0 Å². The van der Waals surface area contributed by atoms with Crippen LogP contribution in [0.1, 0.15) is 31.0 Å². The van der Waals surface area contributed by atoms with E-state index >= 15 is 0 Å². The lowest BCUT2D eigenvalue weighted by Crippen LogP contribution is -2.22. The number of nitrogens with zero attached hydrogens (tertiary/aromatic N) is 2. The highest BCUT2D eigenvalue weighted by Gasteiger charge is 2.28. The molecule has 2 rings (SSSR count). The third kappa shape index (κ3) is 1.67. The molecule has 1 aliphatic rings.